The molecule has 2 rings (SSSR count). The van der Waals surface area contributed by atoms with Gasteiger partial charge in [0.15, 0.2) is 0 Å². The first kappa shape index (κ1) is 15.5. The van der Waals surface area contributed by atoms with Crippen molar-refractivity contribution < 1.29 is 4.79 Å². The van der Waals surface area contributed by atoms with Gasteiger partial charge in [-0.2, -0.15) is 0 Å². The highest BCUT2D eigenvalue weighted by Gasteiger charge is 2.23. The van der Waals surface area contributed by atoms with Crippen molar-refractivity contribution in [2.45, 2.75) is 19.8 Å². The predicted molar refractivity (Wildman–Crippen MR) is 83.4 cm³/mol. The number of rotatable bonds is 5. The number of carbonyl (C=O) groups excluding carboxylic acids is 1. The quantitative estimate of drug-likeness (QED) is 0.834. The molecule has 3 nitrogen and oxygen atoms in total. The van der Waals surface area contributed by atoms with Gasteiger partial charge in [0, 0.05) is 37.7 Å². The number of carbonyl (C=O) groups is 1. The Morgan fingerprint density at radius 2 is 1.70 bits per heavy atom. The van der Waals surface area contributed by atoms with Crippen molar-refractivity contribution in [3.05, 3.63) is 34.9 Å². The number of hydrogen-bond acceptors (Lipinski definition) is 3. The van der Waals surface area contributed by atoms with Crippen LogP contribution in [0.15, 0.2) is 24.3 Å². The van der Waals surface area contributed by atoms with Crippen LogP contribution in [0.5, 0.6) is 0 Å². The minimum Gasteiger partial charge on any atom is -0.301 e. The van der Waals surface area contributed by atoms with E-state index in [2.05, 4.69) is 16.7 Å². The minimum absolute atomic E-state index is 0.0413. The molecule has 1 unspecified atom stereocenters. The summed E-state index contributed by atoms with van der Waals surface area (Å²) in [6.45, 7) is 10.1. The first-order valence-electron chi connectivity index (χ1n) is 7.30. The van der Waals surface area contributed by atoms with E-state index in [1.807, 2.05) is 24.3 Å². The molecule has 1 heterocycles. The Labute approximate surface area is 126 Å². The van der Waals surface area contributed by atoms with Gasteiger partial charge in [-0.1, -0.05) is 30.7 Å². The zero-order chi connectivity index (χ0) is 14.5. The van der Waals surface area contributed by atoms with E-state index >= 15 is 0 Å². The largest absolute Gasteiger partial charge is 0.301 e. The molecule has 1 aliphatic heterocycles. The molecule has 0 amide bonds. The third-order valence-corrected chi connectivity index (χ3v) is 4.37. The molecule has 0 aromatic heterocycles. The molecule has 1 aromatic carbocycles. The van der Waals surface area contributed by atoms with E-state index in [0.29, 0.717) is 5.02 Å². The molecule has 0 N–H and O–H groups in total. The standard InChI is InChI=1S/C16H23ClN2O/c1-3-18-8-10-19(11-9-18)12-16(13(2)20)14-4-6-15(17)7-5-14/h4-7,16H,3,8-12H2,1-2H3. The molecule has 0 aliphatic carbocycles. The molecule has 1 aliphatic rings. The smallest absolute Gasteiger partial charge is 0.138 e. The topological polar surface area (TPSA) is 23.6 Å². The summed E-state index contributed by atoms with van der Waals surface area (Å²) in [5, 5.41) is 0.715. The molecular weight excluding hydrogens is 272 g/mol. The summed E-state index contributed by atoms with van der Waals surface area (Å²) < 4.78 is 0. The number of Topliss-reactive ketones (excluding diaryl/α,β-unsaturated/α-hetero) is 1. The van der Waals surface area contributed by atoms with Gasteiger partial charge in [-0.05, 0) is 31.2 Å². The Morgan fingerprint density at radius 1 is 1.15 bits per heavy atom. The van der Waals surface area contributed by atoms with Crippen LogP contribution in [0.1, 0.15) is 25.3 Å². The van der Waals surface area contributed by atoms with Gasteiger partial charge < -0.3 is 4.90 Å². The molecule has 1 saturated heterocycles. The Kier molecular flexibility index (Phi) is 5.58. The van der Waals surface area contributed by atoms with Gasteiger partial charge in [-0.15, -0.1) is 0 Å². The number of piperazine rings is 1. The summed E-state index contributed by atoms with van der Waals surface area (Å²) in [6.07, 6.45) is 0. The predicted octanol–water partition coefficient (Wildman–Crippen LogP) is 2.65. The molecule has 4 heteroatoms. The van der Waals surface area contributed by atoms with Gasteiger partial charge in [0.05, 0.1) is 5.92 Å². The van der Waals surface area contributed by atoms with Gasteiger partial charge in [-0.3, -0.25) is 9.69 Å². The minimum atomic E-state index is -0.0413. The first-order chi connectivity index (χ1) is 9.60. The summed E-state index contributed by atoms with van der Waals surface area (Å²) in [6, 6.07) is 7.66. The molecule has 1 fully saturated rings. The van der Waals surface area contributed by atoms with E-state index in [9.17, 15) is 4.79 Å². The van der Waals surface area contributed by atoms with Crippen molar-refractivity contribution in [1.82, 2.24) is 9.80 Å². The van der Waals surface area contributed by atoms with Crippen molar-refractivity contribution in [3.8, 4) is 0 Å². The number of nitrogens with zero attached hydrogens (tertiary/aromatic N) is 2. The maximum atomic E-state index is 12.0. The van der Waals surface area contributed by atoms with Crippen LogP contribution < -0.4 is 0 Å². The average molecular weight is 295 g/mol. The van der Waals surface area contributed by atoms with E-state index in [1.54, 1.807) is 6.92 Å². The van der Waals surface area contributed by atoms with Crippen LogP contribution in [0.3, 0.4) is 0 Å². The second-order valence-corrected chi connectivity index (χ2v) is 5.89. The Balaban J connectivity index is 2.00. The number of benzene rings is 1. The lowest BCUT2D eigenvalue weighted by Gasteiger charge is -2.35. The van der Waals surface area contributed by atoms with E-state index in [4.69, 9.17) is 11.6 Å². The lowest BCUT2D eigenvalue weighted by molar-refractivity contribution is -0.119. The van der Waals surface area contributed by atoms with E-state index < -0.39 is 0 Å². The molecule has 0 radical (unpaired) electrons. The summed E-state index contributed by atoms with van der Waals surface area (Å²) in [4.78, 5) is 16.8. The van der Waals surface area contributed by atoms with Gasteiger partial charge in [0.25, 0.3) is 0 Å². The fourth-order valence-corrected chi connectivity index (χ4v) is 2.84. The molecule has 1 aromatic rings. The van der Waals surface area contributed by atoms with Gasteiger partial charge in [-0.25, -0.2) is 0 Å². The number of halogens is 1. The summed E-state index contributed by atoms with van der Waals surface area (Å²) in [5.41, 5.74) is 1.07. The van der Waals surface area contributed by atoms with Crippen LogP contribution in [0.2, 0.25) is 5.02 Å². The molecular formula is C16H23ClN2O. The molecule has 0 bridgehead atoms. The van der Waals surface area contributed by atoms with Gasteiger partial charge in [0.1, 0.15) is 5.78 Å². The van der Waals surface area contributed by atoms with Crippen LogP contribution in [0.4, 0.5) is 0 Å². The molecule has 1 atom stereocenters. The fraction of sp³-hybridized carbons (Fsp3) is 0.562. The Morgan fingerprint density at radius 3 is 2.20 bits per heavy atom. The summed E-state index contributed by atoms with van der Waals surface area (Å²) in [5.74, 6) is 0.186. The second kappa shape index (κ2) is 7.21. The average Bonchev–Trinajstić information content (AvgIpc) is 2.46. The third-order valence-electron chi connectivity index (χ3n) is 4.12. The van der Waals surface area contributed by atoms with Crippen molar-refractivity contribution in [1.29, 1.82) is 0 Å². The lowest BCUT2D eigenvalue weighted by Crippen LogP contribution is -2.47. The van der Waals surface area contributed by atoms with Crippen molar-refractivity contribution >= 4 is 17.4 Å². The van der Waals surface area contributed by atoms with Crippen LogP contribution in [0, 0.1) is 0 Å². The van der Waals surface area contributed by atoms with Crippen LogP contribution in [-0.4, -0.2) is 54.9 Å². The number of likely N-dealkylation sites (N-methyl/N-ethyl adjacent to an activating group) is 1. The van der Waals surface area contributed by atoms with Crippen molar-refractivity contribution in [3.63, 3.8) is 0 Å². The number of ketones is 1. The third kappa shape index (κ3) is 4.05. The molecule has 0 saturated carbocycles. The zero-order valence-corrected chi connectivity index (χ0v) is 13.1. The van der Waals surface area contributed by atoms with Gasteiger partial charge >= 0.3 is 0 Å². The summed E-state index contributed by atoms with van der Waals surface area (Å²) >= 11 is 5.92. The fourth-order valence-electron chi connectivity index (χ4n) is 2.71. The van der Waals surface area contributed by atoms with E-state index in [1.165, 1.54) is 0 Å². The monoisotopic (exact) mass is 294 g/mol. The maximum Gasteiger partial charge on any atom is 0.138 e. The van der Waals surface area contributed by atoms with Crippen molar-refractivity contribution in [2.24, 2.45) is 0 Å². The van der Waals surface area contributed by atoms with Crippen LogP contribution in [-0.2, 0) is 4.79 Å². The van der Waals surface area contributed by atoms with E-state index in [0.717, 1.165) is 44.8 Å². The highest BCUT2D eigenvalue weighted by molar-refractivity contribution is 6.30. The Bertz CT molecular complexity index is 438. The molecule has 0 spiro atoms. The van der Waals surface area contributed by atoms with Gasteiger partial charge in [0.2, 0.25) is 0 Å². The van der Waals surface area contributed by atoms with Crippen LogP contribution >= 0.6 is 11.6 Å². The maximum absolute atomic E-state index is 12.0. The summed E-state index contributed by atoms with van der Waals surface area (Å²) in [7, 11) is 0. The lowest BCUT2D eigenvalue weighted by atomic mass is 9.94. The van der Waals surface area contributed by atoms with Crippen molar-refractivity contribution in [2.75, 3.05) is 39.3 Å². The number of hydrogen-bond donors (Lipinski definition) is 0. The highest BCUT2D eigenvalue weighted by atomic mass is 35.5. The van der Waals surface area contributed by atoms with Crippen LogP contribution in [0.25, 0.3) is 0 Å². The Hall–Kier alpha value is -0.900. The van der Waals surface area contributed by atoms with E-state index in [-0.39, 0.29) is 11.7 Å². The second-order valence-electron chi connectivity index (χ2n) is 5.45. The first-order valence-corrected chi connectivity index (χ1v) is 7.68. The normalized spacial score (nSPS) is 18.9. The molecule has 20 heavy (non-hydrogen) atoms. The molecule has 110 valence electrons. The zero-order valence-electron chi connectivity index (χ0n) is 12.3. The SMILES string of the molecule is CCN1CCN(CC(C(C)=O)c2ccc(Cl)cc2)CC1. The highest BCUT2D eigenvalue weighted by Crippen LogP contribution is 2.21.